The van der Waals surface area contributed by atoms with Crippen molar-refractivity contribution in [3.05, 3.63) is 29.7 Å². The number of ether oxygens (including phenoxy) is 1. The van der Waals surface area contributed by atoms with Crippen LogP contribution < -0.4 is 0 Å². The van der Waals surface area contributed by atoms with E-state index in [4.69, 9.17) is 4.74 Å². The Labute approximate surface area is 106 Å². The first kappa shape index (κ1) is 12.5. The van der Waals surface area contributed by atoms with Crippen molar-refractivity contribution in [3.8, 4) is 0 Å². The van der Waals surface area contributed by atoms with Gasteiger partial charge >= 0.3 is 5.97 Å². The molecule has 0 saturated carbocycles. The molecule has 2 aromatic rings. The molecule has 0 radical (unpaired) electrons. The fourth-order valence-corrected chi connectivity index (χ4v) is 1.76. The average molecular weight is 247 g/mol. The predicted molar refractivity (Wildman–Crippen MR) is 67.5 cm³/mol. The molecule has 5 heteroatoms. The van der Waals surface area contributed by atoms with Crippen LogP contribution in [0.5, 0.6) is 0 Å². The van der Waals surface area contributed by atoms with E-state index in [9.17, 15) is 4.79 Å². The van der Waals surface area contributed by atoms with Gasteiger partial charge in [-0.05, 0) is 17.5 Å². The highest BCUT2D eigenvalue weighted by Gasteiger charge is 2.17. The lowest BCUT2D eigenvalue weighted by atomic mass is 9.92. The first-order valence-electron chi connectivity index (χ1n) is 5.84. The van der Waals surface area contributed by atoms with Gasteiger partial charge in [0.15, 0.2) is 17.2 Å². The monoisotopic (exact) mass is 247 g/mol. The van der Waals surface area contributed by atoms with Crippen LogP contribution in [0.3, 0.4) is 0 Å². The molecule has 0 bridgehead atoms. The standard InChI is InChI=1S/C13H17N3O2/c1-13(2,3)8-10-14-11-7-5-6-9(12(17)18-4)16(11)15-10/h5-7H,8H2,1-4H3. The first-order chi connectivity index (χ1) is 8.40. The lowest BCUT2D eigenvalue weighted by Crippen LogP contribution is -2.11. The summed E-state index contributed by atoms with van der Waals surface area (Å²) < 4.78 is 6.26. The Morgan fingerprint density at radius 3 is 2.72 bits per heavy atom. The molecule has 0 aromatic carbocycles. The second-order valence-electron chi connectivity index (χ2n) is 5.44. The van der Waals surface area contributed by atoms with E-state index >= 15 is 0 Å². The molecule has 2 aromatic heterocycles. The molecule has 0 spiro atoms. The Morgan fingerprint density at radius 1 is 1.39 bits per heavy atom. The topological polar surface area (TPSA) is 56.5 Å². The van der Waals surface area contributed by atoms with E-state index in [1.165, 1.54) is 11.6 Å². The van der Waals surface area contributed by atoms with Crippen LogP contribution >= 0.6 is 0 Å². The van der Waals surface area contributed by atoms with Gasteiger partial charge in [0, 0.05) is 6.42 Å². The number of aromatic nitrogens is 3. The number of hydrogen-bond acceptors (Lipinski definition) is 4. The van der Waals surface area contributed by atoms with Crippen molar-refractivity contribution in [1.82, 2.24) is 14.6 Å². The Hall–Kier alpha value is -1.91. The molecule has 0 fully saturated rings. The van der Waals surface area contributed by atoms with Crippen molar-refractivity contribution in [2.45, 2.75) is 27.2 Å². The normalized spacial score (nSPS) is 11.8. The molecule has 96 valence electrons. The van der Waals surface area contributed by atoms with Gasteiger partial charge in [-0.15, -0.1) is 0 Å². The summed E-state index contributed by atoms with van der Waals surface area (Å²) >= 11 is 0. The molecule has 0 aliphatic carbocycles. The van der Waals surface area contributed by atoms with Crippen molar-refractivity contribution in [1.29, 1.82) is 0 Å². The van der Waals surface area contributed by atoms with Crippen molar-refractivity contribution < 1.29 is 9.53 Å². The third kappa shape index (κ3) is 2.50. The second-order valence-corrected chi connectivity index (χ2v) is 5.44. The SMILES string of the molecule is COC(=O)c1cccc2nc(CC(C)(C)C)nn12. The molecule has 0 unspecified atom stereocenters. The second kappa shape index (κ2) is 4.40. The van der Waals surface area contributed by atoms with E-state index in [0.717, 1.165) is 12.2 Å². The summed E-state index contributed by atoms with van der Waals surface area (Å²) in [6.07, 6.45) is 0.759. The lowest BCUT2D eigenvalue weighted by Gasteiger charge is -2.14. The number of rotatable bonds is 2. The largest absolute Gasteiger partial charge is 0.464 e. The van der Waals surface area contributed by atoms with Crippen LogP contribution in [0.15, 0.2) is 18.2 Å². The zero-order valence-electron chi connectivity index (χ0n) is 11.1. The molecule has 18 heavy (non-hydrogen) atoms. The Balaban J connectivity index is 2.48. The number of esters is 1. The van der Waals surface area contributed by atoms with Gasteiger partial charge in [0.25, 0.3) is 0 Å². The van der Waals surface area contributed by atoms with E-state index in [1.807, 2.05) is 6.07 Å². The number of hydrogen-bond donors (Lipinski definition) is 0. The smallest absolute Gasteiger partial charge is 0.356 e. The van der Waals surface area contributed by atoms with Crippen LogP contribution in [0.4, 0.5) is 0 Å². The molecular weight excluding hydrogens is 230 g/mol. The molecule has 0 aliphatic heterocycles. The number of pyridine rings is 1. The minimum Gasteiger partial charge on any atom is -0.464 e. The molecular formula is C13H17N3O2. The maximum atomic E-state index is 11.6. The van der Waals surface area contributed by atoms with Gasteiger partial charge in [-0.25, -0.2) is 14.3 Å². The van der Waals surface area contributed by atoms with E-state index in [1.54, 1.807) is 12.1 Å². The quantitative estimate of drug-likeness (QED) is 0.763. The molecule has 0 aliphatic rings. The van der Waals surface area contributed by atoms with Gasteiger partial charge in [0.2, 0.25) is 0 Å². The Morgan fingerprint density at radius 2 is 2.11 bits per heavy atom. The zero-order valence-corrected chi connectivity index (χ0v) is 11.1. The maximum Gasteiger partial charge on any atom is 0.356 e. The third-order valence-corrected chi connectivity index (χ3v) is 2.49. The Bertz CT molecular complexity index is 581. The van der Waals surface area contributed by atoms with Crippen LogP contribution in [-0.4, -0.2) is 27.7 Å². The summed E-state index contributed by atoms with van der Waals surface area (Å²) in [6, 6.07) is 5.27. The summed E-state index contributed by atoms with van der Waals surface area (Å²) in [5.74, 6) is 0.326. The van der Waals surface area contributed by atoms with Gasteiger partial charge in [0.1, 0.15) is 0 Å². The summed E-state index contributed by atoms with van der Waals surface area (Å²) in [5.41, 5.74) is 1.16. The highest BCUT2D eigenvalue weighted by molar-refractivity contribution is 5.88. The highest BCUT2D eigenvalue weighted by Crippen LogP contribution is 2.19. The maximum absolute atomic E-state index is 11.6. The lowest BCUT2D eigenvalue weighted by molar-refractivity contribution is 0.0591. The van der Waals surface area contributed by atoms with E-state index < -0.39 is 5.97 Å². The van der Waals surface area contributed by atoms with Gasteiger partial charge in [-0.3, -0.25) is 0 Å². The zero-order chi connectivity index (χ0) is 13.3. The third-order valence-electron chi connectivity index (χ3n) is 2.49. The predicted octanol–water partition coefficient (Wildman–Crippen LogP) is 2.10. The molecule has 0 amide bonds. The van der Waals surface area contributed by atoms with Crippen molar-refractivity contribution in [3.63, 3.8) is 0 Å². The fourth-order valence-electron chi connectivity index (χ4n) is 1.76. The number of carbonyl (C=O) groups is 1. The van der Waals surface area contributed by atoms with Gasteiger partial charge < -0.3 is 4.74 Å². The van der Waals surface area contributed by atoms with Crippen molar-refractivity contribution >= 4 is 11.6 Å². The average Bonchev–Trinajstić information content (AvgIpc) is 2.66. The van der Waals surface area contributed by atoms with Crippen molar-refractivity contribution in [2.24, 2.45) is 5.41 Å². The first-order valence-corrected chi connectivity index (χ1v) is 5.84. The summed E-state index contributed by atoms with van der Waals surface area (Å²) in [7, 11) is 1.36. The number of fused-ring (bicyclic) bond motifs is 1. The molecule has 0 atom stereocenters. The van der Waals surface area contributed by atoms with Crippen LogP contribution in [-0.2, 0) is 11.2 Å². The van der Waals surface area contributed by atoms with Gasteiger partial charge in [-0.1, -0.05) is 26.8 Å². The van der Waals surface area contributed by atoms with Gasteiger partial charge in [0.05, 0.1) is 7.11 Å². The van der Waals surface area contributed by atoms with E-state index in [2.05, 4.69) is 30.9 Å². The molecule has 2 heterocycles. The van der Waals surface area contributed by atoms with Crippen LogP contribution in [0.1, 0.15) is 37.1 Å². The van der Waals surface area contributed by atoms with Crippen molar-refractivity contribution in [2.75, 3.05) is 7.11 Å². The van der Waals surface area contributed by atoms with E-state index in [0.29, 0.717) is 11.3 Å². The number of carbonyl (C=O) groups excluding carboxylic acids is 1. The molecule has 0 N–H and O–H groups in total. The van der Waals surface area contributed by atoms with Gasteiger partial charge in [-0.2, -0.15) is 5.10 Å². The molecule has 5 nitrogen and oxygen atoms in total. The molecule has 2 rings (SSSR count). The highest BCUT2D eigenvalue weighted by atomic mass is 16.5. The van der Waals surface area contributed by atoms with E-state index in [-0.39, 0.29) is 5.41 Å². The van der Waals surface area contributed by atoms with Crippen LogP contribution in [0.2, 0.25) is 0 Å². The minimum atomic E-state index is -0.409. The fraction of sp³-hybridized carbons (Fsp3) is 0.462. The summed E-state index contributed by atoms with van der Waals surface area (Å²) in [6.45, 7) is 6.37. The molecule has 0 saturated heterocycles. The summed E-state index contributed by atoms with van der Waals surface area (Å²) in [5, 5.41) is 4.37. The number of nitrogens with zero attached hydrogens (tertiary/aromatic N) is 3. The van der Waals surface area contributed by atoms with Crippen LogP contribution in [0, 0.1) is 5.41 Å². The Kier molecular flexibility index (Phi) is 3.07. The minimum absolute atomic E-state index is 0.108. The number of methoxy groups -OCH3 is 1. The van der Waals surface area contributed by atoms with Crippen LogP contribution in [0.25, 0.3) is 5.65 Å². The summed E-state index contributed by atoms with van der Waals surface area (Å²) in [4.78, 5) is 16.0.